The number of rotatable bonds is 7. The van der Waals surface area contributed by atoms with Crippen LogP contribution >= 0.6 is 0 Å². The van der Waals surface area contributed by atoms with Crippen LogP contribution in [0.3, 0.4) is 0 Å². The highest BCUT2D eigenvalue weighted by Crippen LogP contribution is 2.37. The molecule has 0 aromatic heterocycles. The smallest absolute Gasteiger partial charge is 0.185 e. The molecule has 0 amide bonds. The molecule has 0 radical (unpaired) electrons. The Morgan fingerprint density at radius 3 is 2.00 bits per heavy atom. The summed E-state index contributed by atoms with van der Waals surface area (Å²) in [6.07, 6.45) is 3.32. The Morgan fingerprint density at radius 1 is 0.903 bits per heavy atom. The number of hydrogen-bond donors (Lipinski definition) is 0. The van der Waals surface area contributed by atoms with E-state index in [9.17, 15) is 4.79 Å². The maximum atomic E-state index is 12.8. The summed E-state index contributed by atoms with van der Waals surface area (Å²) in [5.74, 6) is 2.51. The fourth-order valence-electron chi connectivity index (χ4n) is 2.85. The summed E-state index contributed by atoms with van der Waals surface area (Å²) in [6, 6.07) is 10.9. The van der Waals surface area contributed by atoms with E-state index >= 15 is 0 Å². The van der Waals surface area contributed by atoms with Crippen LogP contribution in [-0.2, 0) is 0 Å². The van der Waals surface area contributed by atoms with E-state index < -0.39 is 5.60 Å². The normalized spacial score (nSPS) is 12.0. The third-order valence-electron chi connectivity index (χ3n) is 4.01. The SMILES string of the molecule is C=C(C)Oc1ccc(C(=O)C=Cc2c(OC(C)(C)C)ccc(C)c2OC(C)(C)C)cc1. The van der Waals surface area contributed by atoms with Gasteiger partial charge in [0.05, 0.1) is 11.3 Å². The summed E-state index contributed by atoms with van der Waals surface area (Å²) in [5, 5.41) is 0. The maximum Gasteiger partial charge on any atom is 0.185 e. The van der Waals surface area contributed by atoms with Gasteiger partial charge < -0.3 is 14.2 Å². The molecule has 2 aromatic carbocycles. The molecule has 0 aliphatic carbocycles. The van der Waals surface area contributed by atoms with Gasteiger partial charge in [-0.05, 0) is 103 Å². The van der Waals surface area contributed by atoms with E-state index in [2.05, 4.69) is 6.58 Å². The Labute approximate surface area is 186 Å². The first-order chi connectivity index (χ1) is 14.2. The molecule has 0 spiro atoms. The van der Waals surface area contributed by atoms with E-state index in [4.69, 9.17) is 14.2 Å². The molecular formula is C27H34O4. The van der Waals surface area contributed by atoms with Crippen molar-refractivity contribution < 1.29 is 19.0 Å². The van der Waals surface area contributed by atoms with Gasteiger partial charge in [-0.25, -0.2) is 0 Å². The topological polar surface area (TPSA) is 44.8 Å². The summed E-state index contributed by atoms with van der Waals surface area (Å²) in [6.45, 7) is 19.4. The molecule has 0 aliphatic rings. The van der Waals surface area contributed by atoms with E-state index in [0.717, 1.165) is 11.1 Å². The first-order valence-corrected chi connectivity index (χ1v) is 10.4. The van der Waals surface area contributed by atoms with Crippen molar-refractivity contribution in [2.24, 2.45) is 0 Å². The van der Waals surface area contributed by atoms with Gasteiger partial charge in [-0.3, -0.25) is 4.79 Å². The minimum Gasteiger partial charge on any atom is -0.487 e. The van der Waals surface area contributed by atoms with Crippen LogP contribution in [0, 0.1) is 6.92 Å². The number of carbonyl (C=O) groups excluding carboxylic acids is 1. The molecule has 0 atom stereocenters. The second-order valence-corrected chi connectivity index (χ2v) is 9.58. The summed E-state index contributed by atoms with van der Waals surface area (Å²) >= 11 is 0. The van der Waals surface area contributed by atoms with Crippen molar-refractivity contribution in [1.82, 2.24) is 0 Å². The molecule has 31 heavy (non-hydrogen) atoms. The van der Waals surface area contributed by atoms with Gasteiger partial charge in [0.2, 0.25) is 0 Å². The monoisotopic (exact) mass is 422 g/mol. The van der Waals surface area contributed by atoms with Crippen LogP contribution in [0.1, 0.15) is 70.0 Å². The number of carbonyl (C=O) groups is 1. The van der Waals surface area contributed by atoms with Crippen LogP contribution in [0.25, 0.3) is 6.08 Å². The first-order valence-electron chi connectivity index (χ1n) is 10.4. The van der Waals surface area contributed by atoms with Gasteiger partial charge in [0.25, 0.3) is 0 Å². The Morgan fingerprint density at radius 2 is 1.48 bits per heavy atom. The summed E-state index contributed by atoms with van der Waals surface area (Å²) in [7, 11) is 0. The Bertz CT molecular complexity index is 968. The molecule has 4 nitrogen and oxygen atoms in total. The number of hydrogen-bond acceptors (Lipinski definition) is 4. The lowest BCUT2D eigenvalue weighted by molar-refractivity contribution is 0.104. The predicted octanol–water partition coefficient (Wildman–Crippen LogP) is 7.16. The van der Waals surface area contributed by atoms with Crippen LogP contribution in [-0.4, -0.2) is 17.0 Å². The van der Waals surface area contributed by atoms with Crippen LogP contribution in [0.15, 0.2) is 54.8 Å². The maximum absolute atomic E-state index is 12.8. The molecule has 0 heterocycles. The van der Waals surface area contributed by atoms with E-state index in [1.165, 1.54) is 0 Å². The Hall–Kier alpha value is -3.01. The van der Waals surface area contributed by atoms with Crippen LogP contribution in [0.5, 0.6) is 17.2 Å². The minimum atomic E-state index is -0.392. The van der Waals surface area contributed by atoms with Crippen molar-refractivity contribution in [2.45, 2.75) is 66.6 Å². The van der Waals surface area contributed by atoms with E-state index in [1.54, 1.807) is 43.3 Å². The number of allylic oxidation sites excluding steroid dienone is 2. The molecule has 4 heteroatoms. The van der Waals surface area contributed by atoms with E-state index in [0.29, 0.717) is 28.6 Å². The largest absolute Gasteiger partial charge is 0.487 e. The highest BCUT2D eigenvalue weighted by Gasteiger charge is 2.21. The third kappa shape index (κ3) is 7.63. The van der Waals surface area contributed by atoms with Gasteiger partial charge in [-0.2, -0.15) is 0 Å². The quantitative estimate of drug-likeness (QED) is 0.270. The average Bonchev–Trinajstić information content (AvgIpc) is 2.61. The van der Waals surface area contributed by atoms with E-state index in [1.807, 2.05) is 60.6 Å². The van der Waals surface area contributed by atoms with Gasteiger partial charge in [-0.15, -0.1) is 0 Å². The molecule has 0 aliphatic heterocycles. The van der Waals surface area contributed by atoms with Crippen LogP contribution in [0.2, 0.25) is 0 Å². The fraction of sp³-hybridized carbons (Fsp3) is 0.370. The van der Waals surface area contributed by atoms with Crippen LogP contribution < -0.4 is 14.2 Å². The van der Waals surface area contributed by atoms with Gasteiger partial charge >= 0.3 is 0 Å². The molecule has 0 saturated heterocycles. The highest BCUT2D eigenvalue weighted by molar-refractivity contribution is 6.07. The van der Waals surface area contributed by atoms with Gasteiger partial charge in [0, 0.05) is 5.56 Å². The first kappa shape index (κ1) is 24.3. The number of benzene rings is 2. The minimum absolute atomic E-state index is 0.119. The zero-order valence-corrected chi connectivity index (χ0v) is 20.0. The molecule has 0 bridgehead atoms. The number of aryl methyl sites for hydroxylation is 1. The number of ether oxygens (including phenoxy) is 3. The summed E-state index contributed by atoms with van der Waals surface area (Å²) in [4.78, 5) is 12.8. The van der Waals surface area contributed by atoms with Crippen molar-refractivity contribution in [3.05, 3.63) is 71.5 Å². The van der Waals surface area contributed by atoms with Crippen molar-refractivity contribution in [3.8, 4) is 17.2 Å². The molecule has 0 saturated carbocycles. The highest BCUT2D eigenvalue weighted by atomic mass is 16.5. The lowest BCUT2D eigenvalue weighted by Crippen LogP contribution is -2.25. The standard InChI is InChI=1S/C27H34O4/c1-18(2)29-21-13-11-20(12-14-21)23(28)16-15-22-24(30-26(4,5)6)17-10-19(3)25(22)31-27(7,8)9/h10-17H,1H2,2-9H3. The average molecular weight is 423 g/mol. The van der Waals surface area contributed by atoms with Gasteiger partial charge in [0.15, 0.2) is 5.78 Å². The zero-order valence-electron chi connectivity index (χ0n) is 20.0. The van der Waals surface area contributed by atoms with Crippen molar-refractivity contribution in [3.63, 3.8) is 0 Å². The second kappa shape index (κ2) is 9.42. The predicted molar refractivity (Wildman–Crippen MR) is 127 cm³/mol. The fourth-order valence-corrected chi connectivity index (χ4v) is 2.85. The lowest BCUT2D eigenvalue weighted by Gasteiger charge is -2.27. The molecule has 2 aromatic rings. The lowest BCUT2D eigenvalue weighted by atomic mass is 10.0. The third-order valence-corrected chi connectivity index (χ3v) is 4.01. The van der Waals surface area contributed by atoms with Crippen LogP contribution in [0.4, 0.5) is 0 Å². The van der Waals surface area contributed by atoms with Crippen molar-refractivity contribution in [2.75, 3.05) is 0 Å². The van der Waals surface area contributed by atoms with Gasteiger partial charge in [-0.1, -0.05) is 12.6 Å². The summed E-state index contributed by atoms with van der Waals surface area (Å²) in [5.41, 5.74) is 1.51. The Balaban J connectivity index is 2.42. The Kier molecular flexibility index (Phi) is 7.37. The van der Waals surface area contributed by atoms with Crippen molar-refractivity contribution >= 4 is 11.9 Å². The van der Waals surface area contributed by atoms with Crippen molar-refractivity contribution in [1.29, 1.82) is 0 Å². The van der Waals surface area contributed by atoms with E-state index in [-0.39, 0.29) is 11.4 Å². The number of ketones is 1. The van der Waals surface area contributed by atoms with Gasteiger partial charge in [0.1, 0.15) is 28.5 Å². The summed E-state index contributed by atoms with van der Waals surface area (Å²) < 4.78 is 17.9. The molecule has 166 valence electrons. The molecule has 2 rings (SSSR count). The molecule has 0 N–H and O–H groups in total. The molecule has 0 fully saturated rings. The molecular weight excluding hydrogens is 388 g/mol. The zero-order chi connectivity index (χ0) is 23.4. The second-order valence-electron chi connectivity index (χ2n) is 9.58. The molecule has 0 unspecified atom stereocenters.